The van der Waals surface area contributed by atoms with Crippen molar-refractivity contribution in [1.29, 1.82) is 0 Å². The molecule has 0 saturated carbocycles. The molecular weight excluding hydrogens is 441 g/mol. The second-order valence-electron chi connectivity index (χ2n) is 11.0. The zero-order valence-corrected chi connectivity index (χ0v) is 20.8. The van der Waals surface area contributed by atoms with Gasteiger partial charge in [-0.2, -0.15) is 0 Å². The van der Waals surface area contributed by atoms with Crippen molar-refractivity contribution in [2.45, 2.75) is 70.6 Å². The number of nitrogens with zero attached hydrogens (tertiary/aromatic N) is 3. The predicted molar refractivity (Wildman–Crippen MR) is 134 cm³/mol. The number of rotatable bonds is 7. The average Bonchev–Trinajstić information content (AvgIpc) is 3.50. The van der Waals surface area contributed by atoms with Crippen molar-refractivity contribution in [3.05, 3.63) is 52.6 Å². The molecule has 1 aromatic heterocycles. The molecule has 0 bridgehead atoms. The van der Waals surface area contributed by atoms with E-state index in [1.807, 2.05) is 0 Å². The first-order valence-electron chi connectivity index (χ1n) is 13.6. The van der Waals surface area contributed by atoms with Gasteiger partial charge in [-0.05, 0) is 93.3 Å². The maximum Gasteiger partial charge on any atom is 0.227 e. The Balaban J connectivity index is 0.942. The number of hydrogen-bond donors (Lipinski definition) is 0. The molecule has 2 saturated heterocycles. The van der Waals surface area contributed by atoms with Gasteiger partial charge in [-0.15, -0.1) is 0 Å². The first-order valence-corrected chi connectivity index (χ1v) is 13.6. The summed E-state index contributed by atoms with van der Waals surface area (Å²) in [5.41, 5.74) is 5.86. The average molecular weight is 478 g/mol. The molecule has 1 aliphatic carbocycles. The Morgan fingerprint density at radius 2 is 1.94 bits per heavy atom. The molecule has 6 heteroatoms. The van der Waals surface area contributed by atoms with Crippen molar-refractivity contribution in [3.63, 3.8) is 0 Å². The van der Waals surface area contributed by atoms with Gasteiger partial charge in [0.1, 0.15) is 5.82 Å². The van der Waals surface area contributed by atoms with E-state index < -0.39 is 0 Å². The zero-order valence-electron chi connectivity index (χ0n) is 20.8. The number of carbonyl (C=O) groups is 1. The van der Waals surface area contributed by atoms with Gasteiger partial charge in [0.25, 0.3) is 0 Å². The number of carbonyl (C=O) groups excluding carboxylic acids is 1. The summed E-state index contributed by atoms with van der Waals surface area (Å²) in [6.07, 6.45) is 12.5. The molecule has 0 spiro atoms. The van der Waals surface area contributed by atoms with Gasteiger partial charge in [-0.1, -0.05) is 31.0 Å². The predicted octanol–water partition coefficient (Wildman–Crippen LogP) is 6.18. The Hall–Kier alpha value is -2.47. The van der Waals surface area contributed by atoms with E-state index in [2.05, 4.69) is 28.0 Å². The SMILES string of the molecule is CC1C2=C3C(=CC1CCCCCN1CCC(c4noc5cc(F)ccc45)CC1)CCC(=O)N3CC2. The molecule has 0 radical (unpaired) electrons. The van der Waals surface area contributed by atoms with Gasteiger partial charge in [0.2, 0.25) is 5.91 Å². The van der Waals surface area contributed by atoms with E-state index in [1.165, 1.54) is 55.6 Å². The van der Waals surface area contributed by atoms with Crippen molar-refractivity contribution < 1.29 is 13.7 Å². The molecule has 0 N–H and O–H groups in total. The molecule has 1 aromatic carbocycles. The van der Waals surface area contributed by atoms with Gasteiger partial charge in [-0.25, -0.2) is 4.39 Å². The Kier molecular flexibility index (Phi) is 6.25. The van der Waals surface area contributed by atoms with Crippen LogP contribution in [0.25, 0.3) is 11.0 Å². The van der Waals surface area contributed by atoms with E-state index in [0.717, 1.165) is 56.4 Å². The number of amides is 1. The second-order valence-corrected chi connectivity index (χ2v) is 11.0. The van der Waals surface area contributed by atoms with Crippen LogP contribution in [-0.2, 0) is 4.79 Å². The van der Waals surface area contributed by atoms with E-state index in [4.69, 9.17) is 4.52 Å². The number of piperidine rings is 2. The van der Waals surface area contributed by atoms with Crippen LogP contribution in [0.3, 0.4) is 0 Å². The number of allylic oxidation sites excluding steroid dienone is 2. The van der Waals surface area contributed by atoms with E-state index in [9.17, 15) is 9.18 Å². The minimum atomic E-state index is -0.276. The van der Waals surface area contributed by atoms with Gasteiger partial charge in [0, 0.05) is 36.0 Å². The smallest absolute Gasteiger partial charge is 0.227 e. The van der Waals surface area contributed by atoms with Crippen LogP contribution in [0.5, 0.6) is 0 Å². The largest absolute Gasteiger partial charge is 0.356 e. The Morgan fingerprint density at radius 1 is 1.09 bits per heavy atom. The molecule has 2 unspecified atom stereocenters. The van der Waals surface area contributed by atoms with Crippen molar-refractivity contribution in [2.75, 3.05) is 26.2 Å². The standard InChI is InChI=1S/C29H36FN3O2/c1-19-21(17-22-6-9-27(34)33-16-12-24(19)29(22)33)5-3-2-4-13-32-14-10-20(11-15-32)28-25-8-7-23(30)18-26(25)35-31-28/h7-8,17-21H,2-6,9-16H2,1H3. The minimum absolute atomic E-state index is 0.276. The molecular formula is C29H36FN3O2. The highest BCUT2D eigenvalue weighted by molar-refractivity contribution is 5.83. The van der Waals surface area contributed by atoms with Crippen LogP contribution in [-0.4, -0.2) is 47.0 Å². The molecule has 6 rings (SSSR count). The van der Waals surface area contributed by atoms with Crippen LogP contribution >= 0.6 is 0 Å². The summed E-state index contributed by atoms with van der Waals surface area (Å²) in [4.78, 5) is 16.9. The summed E-state index contributed by atoms with van der Waals surface area (Å²) < 4.78 is 18.8. The Morgan fingerprint density at radius 3 is 2.80 bits per heavy atom. The summed E-state index contributed by atoms with van der Waals surface area (Å²) >= 11 is 0. The van der Waals surface area contributed by atoms with Gasteiger partial charge in [0.05, 0.1) is 5.69 Å². The lowest BCUT2D eigenvalue weighted by Gasteiger charge is -2.35. The van der Waals surface area contributed by atoms with Crippen molar-refractivity contribution in [2.24, 2.45) is 11.8 Å². The van der Waals surface area contributed by atoms with Crippen LogP contribution < -0.4 is 0 Å². The van der Waals surface area contributed by atoms with Crippen LogP contribution in [0.15, 0.2) is 45.6 Å². The summed E-state index contributed by atoms with van der Waals surface area (Å²) in [6.45, 7) is 6.64. The Labute approximate surface area is 207 Å². The molecule has 5 nitrogen and oxygen atoms in total. The van der Waals surface area contributed by atoms with E-state index in [-0.39, 0.29) is 5.82 Å². The molecule has 4 heterocycles. The molecule has 4 aliphatic rings. The quantitative estimate of drug-likeness (QED) is 0.447. The molecule has 2 aromatic rings. The summed E-state index contributed by atoms with van der Waals surface area (Å²) in [7, 11) is 0. The lowest BCUT2D eigenvalue weighted by atomic mass is 9.75. The number of halogens is 1. The third-order valence-electron chi connectivity index (χ3n) is 8.95. The third-order valence-corrected chi connectivity index (χ3v) is 8.95. The van der Waals surface area contributed by atoms with Crippen molar-refractivity contribution in [1.82, 2.24) is 15.0 Å². The normalized spacial score (nSPS) is 25.5. The highest BCUT2D eigenvalue weighted by atomic mass is 19.1. The number of unbranched alkanes of at least 4 members (excludes halogenated alkanes) is 2. The van der Waals surface area contributed by atoms with Gasteiger partial charge < -0.3 is 14.3 Å². The van der Waals surface area contributed by atoms with Crippen LogP contribution in [0.1, 0.15) is 76.3 Å². The molecule has 2 atom stereocenters. The maximum atomic E-state index is 13.4. The molecule has 35 heavy (non-hydrogen) atoms. The number of fused-ring (bicyclic) bond motifs is 1. The minimum Gasteiger partial charge on any atom is -0.356 e. The van der Waals surface area contributed by atoms with E-state index in [0.29, 0.717) is 35.7 Å². The van der Waals surface area contributed by atoms with Gasteiger partial charge in [-0.3, -0.25) is 4.79 Å². The zero-order chi connectivity index (χ0) is 23.9. The van der Waals surface area contributed by atoms with Crippen LogP contribution in [0, 0.1) is 17.7 Å². The number of benzene rings is 1. The van der Waals surface area contributed by atoms with Gasteiger partial charge >= 0.3 is 0 Å². The number of likely N-dealkylation sites (tertiary alicyclic amines) is 1. The fourth-order valence-corrected chi connectivity index (χ4v) is 6.91. The van der Waals surface area contributed by atoms with E-state index >= 15 is 0 Å². The first-order chi connectivity index (χ1) is 17.1. The highest BCUT2D eigenvalue weighted by Gasteiger charge is 2.39. The Bertz CT molecular complexity index is 1170. The summed E-state index contributed by atoms with van der Waals surface area (Å²) in [6, 6.07) is 4.73. The lowest BCUT2D eigenvalue weighted by molar-refractivity contribution is -0.129. The monoisotopic (exact) mass is 477 g/mol. The fraction of sp³-hybridized carbons (Fsp3) is 0.586. The number of aromatic nitrogens is 1. The maximum absolute atomic E-state index is 13.4. The van der Waals surface area contributed by atoms with Crippen molar-refractivity contribution in [3.8, 4) is 0 Å². The van der Waals surface area contributed by atoms with Crippen molar-refractivity contribution >= 4 is 16.9 Å². The summed E-state index contributed by atoms with van der Waals surface area (Å²) in [5, 5.41) is 5.24. The van der Waals surface area contributed by atoms with E-state index in [1.54, 1.807) is 11.6 Å². The fourth-order valence-electron chi connectivity index (χ4n) is 6.91. The van der Waals surface area contributed by atoms with Gasteiger partial charge in [0.15, 0.2) is 5.58 Å². The topological polar surface area (TPSA) is 49.6 Å². The first kappa shape index (κ1) is 23.0. The third kappa shape index (κ3) is 4.35. The molecule has 3 aliphatic heterocycles. The van der Waals surface area contributed by atoms with Crippen LogP contribution in [0.2, 0.25) is 0 Å². The highest BCUT2D eigenvalue weighted by Crippen LogP contribution is 2.46. The lowest BCUT2D eigenvalue weighted by Crippen LogP contribution is -2.34. The summed E-state index contributed by atoms with van der Waals surface area (Å²) in [5.74, 6) is 1.67. The van der Waals surface area contributed by atoms with Crippen LogP contribution in [0.4, 0.5) is 4.39 Å². The second kappa shape index (κ2) is 9.53. The molecule has 186 valence electrons. The number of hydrogen-bond acceptors (Lipinski definition) is 4. The molecule has 1 amide bonds. The molecule has 2 fully saturated rings.